The van der Waals surface area contributed by atoms with Gasteiger partial charge in [0.25, 0.3) is 0 Å². The maximum atomic E-state index is 11.6. The van der Waals surface area contributed by atoms with Crippen molar-refractivity contribution in [2.75, 3.05) is 11.9 Å². The number of halogens is 1. The lowest BCUT2D eigenvalue weighted by molar-refractivity contribution is -0.117. The van der Waals surface area contributed by atoms with E-state index in [0.717, 1.165) is 19.4 Å². The minimum absolute atomic E-state index is 0. The molecule has 1 aromatic heterocycles. The summed E-state index contributed by atoms with van der Waals surface area (Å²) in [6, 6.07) is 1.63. The Morgan fingerprint density at radius 1 is 1.47 bits per heavy atom. The van der Waals surface area contributed by atoms with Crippen LogP contribution >= 0.6 is 17.0 Å². The highest BCUT2D eigenvalue weighted by atomic mass is 79.9. The summed E-state index contributed by atoms with van der Waals surface area (Å²) < 4.78 is 0. The van der Waals surface area contributed by atoms with Gasteiger partial charge in [-0.1, -0.05) is 0 Å². The maximum absolute atomic E-state index is 11.6. The molecule has 15 heavy (non-hydrogen) atoms. The SMILES string of the molecule is Br.O=C(Nc1ncccn1)[C@@H]1CCCN1. The Morgan fingerprint density at radius 3 is 2.80 bits per heavy atom. The quantitative estimate of drug-likeness (QED) is 0.834. The molecule has 0 unspecified atom stereocenters. The monoisotopic (exact) mass is 272 g/mol. The molecule has 1 amide bonds. The summed E-state index contributed by atoms with van der Waals surface area (Å²) >= 11 is 0. The van der Waals surface area contributed by atoms with E-state index >= 15 is 0 Å². The van der Waals surface area contributed by atoms with Gasteiger partial charge in [0.05, 0.1) is 6.04 Å². The van der Waals surface area contributed by atoms with Crippen LogP contribution in [0.25, 0.3) is 0 Å². The molecule has 0 aliphatic carbocycles. The molecule has 1 atom stereocenters. The molecule has 2 N–H and O–H groups in total. The largest absolute Gasteiger partial charge is 0.306 e. The van der Waals surface area contributed by atoms with Gasteiger partial charge in [0, 0.05) is 12.4 Å². The number of hydrogen-bond acceptors (Lipinski definition) is 4. The Balaban J connectivity index is 0.00000112. The summed E-state index contributed by atoms with van der Waals surface area (Å²) in [4.78, 5) is 19.4. The average Bonchev–Trinajstić information content (AvgIpc) is 2.72. The van der Waals surface area contributed by atoms with E-state index in [9.17, 15) is 4.79 Å². The molecule has 0 saturated carbocycles. The van der Waals surface area contributed by atoms with Gasteiger partial charge in [-0.2, -0.15) is 0 Å². The molecule has 1 aliphatic rings. The highest BCUT2D eigenvalue weighted by Crippen LogP contribution is 2.06. The van der Waals surface area contributed by atoms with E-state index in [1.165, 1.54) is 0 Å². The fraction of sp³-hybridized carbons (Fsp3) is 0.444. The van der Waals surface area contributed by atoms with Gasteiger partial charge in [0.2, 0.25) is 11.9 Å². The fourth-order valence-electron chi connectivity index (χ4n) is 1.47. The van der Waals surface area contributed by atoms with E-state index in [-0.39, 0.29) is 28.9 Å². The van der Waals surface area contributed by atoms with Crippen LogP contribution in [0.2, 0.25) is 0 Å². The Hall–Kier alpha value is -1.01. The van der Waals surface area contributed by atoms with Crippen molar-refractivity contribution in [1.29, 1.82) is 0 Å². The summed E-state index contributed by atoms with van der Waals surface area (Å²) in [5.74, 6) is 0.319. The second-order valence-electron chi connectivity index (χ2n) is 3.21. The van der Waals surface area contributed by atoms with Gasteiger partial charge in [-0.25, -0.2) is 9.97 Å². The first-order valence-corrected chi connectivity index (χ1v) is 4.67. The van der Waals surface area contributed by atoms with Crippen LogP contribution in [-0.4, -0.2) is 28.5 Å². The zero-order chi connectivity index (χ0) is 9.80. The highest BCUT2D eigenvalue weighted by molar-refractivity contribution is 8.93. The van der Waals surface area contributed by atoms with Crippen molar-refractivity contribution < 1.29 is 4.79 Å². The molecule has 5 nitrogen and oxygen atoms in total. The molecule has 0 bridgehead atoms. The van der Waals surface area contributed by atoms with Crippen LogP contribution in [0.15, 0.2) is 18.5 Å². The summed E-state index contributed by atoms with van der Waals surface area (Å²) in [6.07, 6.45) is 5.14. The highest BCUT2D eigenvalue weighted by Gasteiger charge is 2.22. The Kier molecular flexibility index (Phi) is 4.64. The van der Waals surface area contributed by atoms with Crippen LogP contribution < -0.4 is 10.6 Å². The van der Waals surface area contributed by atoms with Gasteiger partial charge in [-0.3, -0.25) is 10.1 Å². The van der Waals surface area contributed by atoms with Crippen LogP contribution in [-0.2, 0) is 4.79 Å². The van der Waals surface area contributed by atoms with Crippen molar-refractivity contribution >= 4 is 28.8 Å². The standard InChI is InChI=1S/C9H12N4O.BrH/c14-8(7-3-1-4-10-7)13-9-11-5-2-6-12-9;/h2,5-7,10H,1,3-4H2,(H,11,12,13,14);1H/t7-;/m0./s1. The summed E-state index contributed by atoms with van der Waals surface area (Å²) in [7, 11) is 0. The lowest BCUT2D eigenvalue weighted by Gasteiger charge is -2.08. The molecule has 0 spiro atoms. The third-order valence-corrected chi connectivity index (χ3v) is 2.18. The van der Waals surface area contributed by atoms with Gasteiger partial charge in [-0.05, 0) is 25.5 Å². The van der Waals surface area contributed by atoms with Crippen molar-refractivity contribution in [3.8, 4) is 0 Å². The van der Waals surface area contributed by atoms with Crippen molar-refractivity contribution in [1.82, 2.24) is 15.3 Å². The lowest BCUT2D eigenvalue weighted by atomic mass is 10.2. The van der Waals surface area contributed by atoms with Gasteiger partial charge in [0.15, 0.2) is 0 Å². The minimum Gasteiger partial charge on any atom is -0.306 e. The molecule has 1 saturated heterocycles. The predicted molar refractivity (Wildman–Crippen MR) is 62.0 cm³/mol. The molecular weight excluding hydrogens is 260 g/mol. The lowest BCUT2D eigenvalue weighted by Crippen LogP contribution is -2.35. The molecule has 2 rings (SSSR count). The minimum atomic E-state index is -0.0844. The molecule has 6 heteroatoms. The third-order valence-electron chi connectivity index (χ3n) is 2.18. The normalized spacial score (nSPS) is 19.3. The zero-order valence-electron chi connectivity index (χ0n) is 8.14. The first-order valence-electron chi connectivity index (χ1n) is 4.67. The third kappa shape index (κ3) is 3.24. The second kappa shape index (κ2) is 5.77. The number of carbonyl (C=O) groups is 1. The van der Waals surface area contributed by atoms with Crippen molar-refractivity contribution in [2.45, 2.75) is 18.9 Å². The van der Waals surface area contributed by atoms with Crippen molar-refractivity contribution in [3.05, 3.63) is 18.5 Å². The molecule has 1 aliphatic heterocycles. The summed E-state index contributed by atoms with van der Waals surface area (Å²) in [5.41, 5.74) is 0. The number of carbonyl (C=O) groups excluding carboxylic acids is 1. The predicted octanol–water partition coefficient (Wildman–Crippen LogP) is 0.745. The summed E-state index contributed by atoms with van der Waals surface area (Å²) in [6.45, 7) is 0.910. The second-order valence-corrected chi connectivity index (χ2v) is 3.21. The van der Waals surface area contributed by atoms with Crippen LogP contribution in [0.1, 0.15) is 12.8 Å². The van der Waals surface area contributed by atoms with Crippen LogP contribution in [0.4, 0.5) is 5.95 Å². The molecule has 1 fully saturated rings. The maximum Gasteiger partial charge on any atom is 0.243 e. The molecule has 1 aromatic rings. The molecule has 0 aromatic carbocycles. The van der Waals surface area contributed by atoms with Gasteiger partial charge < -0.3 is 5.32 Å². The zero-order valence-corrected chi connectivity index (χ0v) is 9.85. The van der Waals surface area contributed by atoms with Crippen molar-refractivity contribution in [2.24, 2.45) is 0 Å². The number of rotatable bonds is 2. The van der Waals surface area contributed by atoms with Gasteiger partial charge in [-0.15, -0.1) is 17.0 Å². The average molecular weight is 273 g/mol. The number of anilines is 1. The first kappa shape index (κ1) is 12.1. The van der Waals surface area contributed by atoms with Crippen LogP contribution in [0.3, 0.4) is 0 Å². The van der Waals surface area contributed by atoms with E-state index in [1.807, 2.05) is 0 Å². The van der Waals surface area contributed by atoms with Gasteiger partial charge in [0.1, 0.15) is 0 Å². The first-order chi connectivity index (χ1) is 6.86. The van der Waals surface area contributed by atoms with Crippen LogP contribution in [0, 0.1) is 0 Å². The Labute approximate surface area is 98.5 Å². The molecule has 2 heterocycles. The number of nitrogens with one attached hydrogen (secondary N) is 2. The van der Waals surface area contributed by atoms with E-state index in [2.05, 4.69) is 20.6 Å². The Morgan fingerprint density at radius 2 is 2.20 bits per heavy atom. The number of amides is 1. The smallest absolute Gasteiger partial charge is 0.243 e. The van der Waals surface area contributed by atoms with E-state index in [1.54, 1.807) is 18.5 Å². The van der Waals surface area contributed by atoms with E-state index in [4.69, 9.17) is 0 Å². The topological polar surface area (TPSA) is 66.9 Å². The molecule has 82 valence electrons. The van der Waals surface area contributed by atoms with Gasteiger partial charge >= 0.3 is 0 Å². The number of aromatic nitrogens is 2. The Bertz CT molecular complexity index is 313. The van der Waals surface area contributed by atoms with E-state index < -0.39 is 0 Å². The van der Waals surface area contributed by atoms with E-state index in [0.29, 0.717) is 5.95 Å². The summed E-state index contributed by atoms with van der Waals surface area (Å²) in [5, 5.41) is 5.77. The number of hydrogen-bond donors (Lipinski definition) is 2. The van der Waals surface area contributed by atoms with Crippen LogP contribution in [0.5, 0.6) is 0 Å². The number of nitrogens with zero attached hydrogens (tertiary/aromatic N) is 2. The van der Waals surface area contributed by atoms with Crippen molar-refractivity contribution in [3.63, 3.8) is 0 Å². The fourth-order valence-corrected chi connectivity index (χ4v) is 1.47. The molecule has 0 radical (unpaired) electrons. The molecular formula is C9H13BrN4O.